The minimum Gasteiger partial charge on any atom is -0.486 e. The molecule has 41 heavy (non-hydrogen) atoms. The summed E-state index contributed by atoms with van der Waals surface area (Å²) in [5.74, 6) is 1.16. The lowest BCUT2D eigenvalue weighted by atomic mass is 9.97. The molecule has 0 amide bonds. The summed E-state index contributed by atoms with van der Waals surface area (Å²) in [6.45, 7) is 5.36. The zero-order valence-corrected chi connectivity index (χ0v) is 25.0. The van der Waals surface area contributed by atoms with Crippen LogP contribution >= 0.6 is 36.7 Å². The molecule has 1 atom stereocenters. The van der Waals surface area contributed by atoms with Gasteiger partial charge in [0.1, 0.15) is 18.2 Å². The van der Waals surface area contributed by atoms with Crippen LogP contribution in [0.15, 0.2) is 48.7 Å². The topological polar surface area (TPSA) is 94.6 Å². The van der Waals surface area contributed by atoms with E-state index in [0.29, 0.717) is 34.9 Å². The molecular weight excluding hydrogens is 585 g/mol. The highest BCUT2D eigenvalue weighted by atomic mass is 35.5. The molecule has 4 heterocycles. The van der Waals surface area contributed by atoms with Crippen LogP contribution in [0.3, 0.4) is 0 Å². The molecule has 2 aromatic heterocycles. The van der Waals surface area contributed by atoms with Gasteiger partial charge in [0.25, 0.3) is 0 Å². The SMILES string of the molecule is O=C(O)c1ccc2nc(CN3CCC(Cn4ccc(COc5ccc(Cl)cc5Cl)n4)CC3)n(C[C@@H]3CCO3)c2c1.S. The highest BCUT2D eigenvalue weighted by molar-refractivity contribution is 7.59. The number of carboxylic acid groups (broad SMARTS) is 1. The molecule has 0 spiro atoms. The predicted molar refractivity (Wildman–Crippen MR) is 162 cm³/mol. The van der Waals surface area contributed by atoms with Crippen molar-refractivity contribution < 1.29 is 19.4 Å². The van der Waals surface area contributed by atoms with Gasteiger partial charge in [-0.25, -0.2) is 9.78 Å². The summed E-state index contributed by atoms with van der Waals surface area (Å²) in [5, 5.41) is 15.2. The number of aromatic carboxylic acids is 1. The number of rotatable bonds is 10. The minimum atomic E-state index is -0.930. The number of fused-ring (bicyclic) bond motifs is 1. The largest absolute Gasteiger partial charge is 0.486 e. The van der Waals surface area contributed by atoms with Crippen LogP contribution in [-0.2, 0) is 31.0 Å². The fraction of sp³-hybridized carbons (Fsp3) is 0.414. The van der Waals surface area contributed by atoms with Gasteiger partial charge in [0.05, 0.1) is 46.5 Å². The van der Waals surface area contributed by atoms with Gasteiger partial charge in [-0.05, 0) is 80.7 Å². The molecular formula is C29H33Cl2N5O4S. The van der Waals surface area contributed by atoms with Crippen LogP contribution in [0.2, 0.25) is 10.0 Å². The zero-order chi connectivity index (χ0) is 27.6. The van der Waals surface area contributed by atoms with Crippen molar-refractivity contribution >= 4 is 53.7 Å². The average molecular weight is 619 g/mol. The number of benzene rings is 2. The summed E-state index contributed by atoms with van der Waals surface area (Å²) in [6.07, 6.45) is 5.31. The van der Waals surface area contributed by atoms with Crippen molar-refractivity contribution in [2.75, 3.05) is 19.7 Å². The summed E-state index contributed by atoms with van der Waals surface area (Å²) in [7, 11) is 0. The molecule has 0 saturated carbocycles. The van der Waals surface area contributed by atoms with Crippen LogP contribution in [-0.4, -0.2) is 61.1 Å². The van der Waals surface area contributed by atoms with E-state index in [-0.39, 0.29) is 25.2 Å². The Morgan fingerprint density at radius 2 is 1.88 bits per heavy atom. The van der Waals surface area contributed by atoms with Crippen molar-refractivity contribution in [3.05, 3.63) is 75.8 Å². The minimum absolute atomic E-state index is 0. The lowest BCUT2D eigenvalue weighted by Crippen LogP contribution is -2.36. The van der Waals surface area contributed by atoms with Crippen LogP contribution in [0.5, 0.6) is 5.75 Å². The van der Waals surface area contributed by atoms with E-state index in [1.165, 1.54) is 0 Å². The van der Waals surface area contributed by atoms with Gasteiger partial charge in [-0.15, -0.1) is 0 Å². The molecule has 2 aromatic carbocycles. The maximum atomic E-state index is 11.6. The third-order valence-corrected chi connectivity index (χ3v) is 8.27. The standard InChI is InChI=1S/C29H31Cl2N5O4.H2S/c30-21-2-4-27(24(31)14-21)40-18-22-7-11-35(33-22)15-19-5-9-34(10-6-19)17-28-32-25-3-1-20(29(37)38)13-26(25)36(28)16-23-8-12-39-23;/h1-4,7,11,13-14,19,23H,5-6,8-10,12,15-18H2,(H,37,38);1H2/t23-;/m0./s1. The van der Waals surface area contributed by atoms with Gasteiger partial charge in [0.2, 0.25) is 0 Å². The first-order valence-corrected chi connectivity index (χ1v) is 14.3. The molecule has 0 radical (unpaired) electrons. The molecule has 0 bridgehead atoms. The molecule has 6 rings (SSSR count). The number of ether oxygens (including phenoxy) is 2. The summed E-state index contributed by atoms with van der Waals surface area (Å²) in [5.41, 5.74) is 2.81. The third kappa shape index (κ3) is 7.01. The Hall–Kier alpha value is -2.76. The number of halogens is 2. The average Bonchev–Trinajstić information content (AvgIpc) is 3.50. The number of carbonyl (C=O) groups is 1. The molecule has 0 aliphatic carbocycles. The Bertz CT molecular complexity index is 1510. The Labute approximate surface area is 255 Å². The number of hydrogen-bond donors (Lipinski definition) is 1. The molecule has 2 fully saturated rings. The fourth-order valence-electron chi connectivity index (χ4n) is 5.38. The van der Waals surface area contributed by atoms with Crippen LogP contribution in [0.1, 0.15) is 41.1 Å². The highest BCUT2D eigenvalue weighted by Gasteiger charge is 2.25. The summed E-state index contributed by atoms with van der Waals surface area (Å²) >= 11 is 12.2. The van der Waals surface area contributed by atoms with Gasteiger partial charge in [-0.1, -0.05) is 23.2 Å². The first-order chi connectivity index (χ1) is 19.4. The van der Waals surface area contributed by atoms with Crippen molar-refractivity contribution in [2.45, 2.75) is 51.6 Å². The van der Waals surface area contributed by atoms with Gasteiger partial charge in [0.15, 0.2) is 0 Å². The predicted octanol–water partition coefficient (Wildman–Crippen LogP) is 5.63. The second-order valence-corrected chi connectivity index (χ2v) is 11.4. The monoisotopic (exact) mass is 617 g/mol. The Morgan fingerprint density at radius 3 is 2.59 bits per heavy atom. The van der Waals surface area contributed by atoms with Crippen LogP contribution in [0.4, 0.5) is 0 Å². The number of nitrogens with zero attached hydrogens (tertiary/aromatic N) is 5. The second kappa shape index (κ2) is 13.0. The second-order valence-electron chi connectivity index (χ2n) is 10.5. The van der Waals surface area contributed by atoms with E-state index in [9.17, 15) is 9.90 Å². The Balaban J connectivity index is 0.00000337. The van der Waals surface area contributed by atoms with E-state index >= 15 is 0 Å². The summed E-state index contributed by atoms with van der Waals surface area (Å²) < 4.78 is 15.7. The molecule has 218 valence electrons. The van der Waals surface area contributed by atoms with Crippen LogP contribution < -0.4 is 4.74 Å². The lowest BCUT2D eigenvalue weighted by Gasteiger charge is -2.32. The number of aromatic nitrogens is 4. The molecule has 9 nitrogen and oxygen atoms in total. The zero-order valence-electron chi connectivity index (χ0n) is 22.5. The van der Waals surface area contributed by atoms with E-state index < -0.39 is 5.97 Å². The van der Waals surface area contributed by atoms with E-state index in [2.05, 4.69) is 9.47 Å². The molecule has 2 aliphatic rings. The van der Waals surface area contributed by atoms with Crippen LogP contribution in [0, 0.1) is 5.92 Å². The van der Waals surface area contributed by atoms with Crippen molar-refractivity contribution in [1.29, 1.82) is 0 Å². The van der Waals surface area contributed by atoms with Gasteiger partial charge >= 0.3 is 5.97 Å². The molecule has 1 N–H and O–H groups in total. The number of imidazole rings is 1. The molecule has 12 heteroatoms. The van der Waals surface area contributed by atoms with Crippen molar-refractivity contribution in [3.63, 3.8) is 0 Å². The Kier molecular flexibility index (Phi) is 9.45. The fourth-order valence-corrected chi connectivity index (χ4v) is 5.84. The first kappa shape index (κ1) is 29.7. The molecule has 2 aliphatic heterocycles. The number of carboxylic acids is 1. The van der Waals surface area contributed by atoms with Gasteiger partial charge in [0, 0.05) is 24.4 Å². The van der Waals surface area contributed by atoms with E-state index in [1.54, 1.807) is 36.4 Å². The summed E-state index contributed by atoms with van der Waals surface area (Å²) in [4.78, 5) is 18.9. The third-order valence-electron chi connectivity index (χ3n) is 7.74. The van der Waals surface area contributed by atoms with Crippen LogP contribution in [0.25, 0.3) is 11.0 Å². The van der Waals surface area contributed by atoms with Crippen molar-refractivity contribution in [1.82, 2.24) is 24.2 Å². The molecule has 0 unspecified atom stereocenters. The quantitative estimate of drug-likeness (QED) is 0.246. The number of hydrogen-bond acceptors (Lipinski definition) is 6. The van der Waals surface area contributed by atoms with Crippen molar-refractivity contribution in [3.8, 4) is 5.75 Å². The number of likely N-dealkylation sites (tertiary alicyclic amines) is 1. The van der Waals surface area contributed by atoms with E-state index in [0.717, 1.165) is 74.6 Å². The Morgan fingerprint density at radius 1 is 1.07 bits per heavy atom. The maximum absolute atomic E-state index is 11.6. The summed E-state index contributed by atoms with van der Waals surface area (Å²) in [6, 6.07) is 12.3. The van der Waals surface area contributed by atoms with E-state index in [4.69, 9.17) is 42.8 Å². The van der Waals surface area contributed by atoms with E-state index in [1.807, 2.05) is 16.9 Å². The molecule has 4 aromatic rings. The maximum Gasteiger partial charge on any atom is 0.335 e. The van der Waals surface area contributed by atoms with Gasteiger partial charge in [-0.2, -0.15) is 18.6 Å². The van der Waals surface area contributed by atoms with Gasteiger partial charge in [-0.3, -0.25) is 9.58 Å². The number of piperidine rings is 1. The molecule has 2 saturated heterocycles. The normalized spacial score (nSPS) is 17.8. The van der Waals surface area contributed by atoms with Crippen molar-refractivity contribution in [2.24, 2.45) is 5.92 Å². The smallest absolute Gasteiger partial charge is 0.335 e. The highest BCUT2D eigenvalue weighted by Crippen LogP contribution is 2.28. The lowest BCUT2D eigenvalue weighted by molar-refractivity contribution is -0.0592. The van der Waals surface area contributed by atoms with Gasteiger partial charge < -0.3 is 19.1 Å². The first-order valence-electron chi connectivity index (χ1n) is 13.6.